The first-order valence-corrected chi connectivity index (χ1v) is 6.04. The third kappa shape index (κ3) is 2.35. The van der Waals surface area contributed by atoms with Gasteiger partial charge in [0.2, 0.25) is 0 Å². The van der Waals surface area contributed by atoms with Crippen molar-refractivity contribution in [2.24, 2.45) is 5.41 Å². The van der Waals surface area contributed by atoms with Crippen LogP contribution in [0.15, 0.2) is 30.5 Å². The molecule has 0 saturated heterocycles. The molecule has 0 aliphatic rings. The van der Waals surface area contributed by atoms with Gasteiger partial charge in [0.25, 0.3) is 0 Å². The lowest BCUT2D eigenvalue weighted by molar-refractivity contribution is 0.0858. The molecule has 0 aliphatic carbocycles. The van der Waals surface area contributed by atoms with E-state index < -0.39 is 0 Å². The number of aromatic nitrogens is 1. The van der Waals surface area contributed by atoms with E-state index in [2.05, 4.69) is 10.3 Å². The second-order valence-corrected chi connectivity index (χ2v) is 5.46. The molecule has 2 rings (SSSR count). The Kier molecular flexibility index (Phi) is 3.07. The Labute approximate surface area is 107 Å². The average Bonchev–Trinajstić information content (AvgIpc) is 2.35. The summed E-state index contributed by atoms with van der Waals surface area (Å²) in [6.07, 6.45) is 1.79. The predicted octanol–water partition coefficient (Wildman–Crippen LogP) is 3.51. The molecule has 0 saturated carbocycles. The third-order valence-electron chi connectivity index (χ3n) is 2.92. The number of benzene rings is 1. The second-order valence-electron chi connectivity index (χ2n) is 5.46. The largest absolute Gasteiger partial charge is 0.373 e. The van der Waals surface area contributed by atoms with E-state index in [4.69, 9.17) is 0 Å². The molecule has 3 heteroatoms. The Balaban J connectivity index is 2.49. The van der Waals surface area contributed by atoms with E-state index in [0.29, 0.717) is 0 Å². The minimum absolute atomic E-state index is 0.155. The fourth-order valence-corrected chi connectivity index (χ4v) is 1.85. The third-order valence-corrected chi connectivity index (χ3v) is 2.92. The zero-order valence-corrected chi connectivity index (χ0v) is 11.2. The molecule has 94 valence electrons. The molecule has 1 heterocycles. The lowest BCUT2D eigenvalue weighted by Crippen LogP contribution is -2.20. The lowest BCUT2D eigenvalue weighted by Gasteiger charge is -2.16. The number of Topliss-reactive ketones (excluding diaryl/α,β-unsaturated/α-hetero) is 1. The molecule has 3 nitrogen and oxygen atoms in total. The number of pyridine rings is 1. The smallest absolute Gasteiger partial charge is 0.168 e. The number of carbonyl (C=O) groups excluding carboxylic acids is 1. The first-order valence-electron chi connectivity index (χ1n) is 6.04. The summed E-state index contributed by atoms with van der Waals surface area (Å²) in [5.74, 6) is 0.986. The Morgan fingerprint density at radius 2 is 1.89 bits per heavy atom. The van der Waals surface area contributed by atoms with E-state index in [-0.39, 0.29) is 11.2 Å². The molecule has 1 aromatic carbocycles. The van der Waals surface area contributed by atoms with Crippen LogP contribution in [-0.2, 0) is 0 Å². The molecule has 18 heavy (non-hydrogen) atoms. The quantitative estimate of drug-likeness (QED) is 0.819. The van der Waals surface area contributed by atoms with E-state index in [1.54, 1.807) is 6.20 Å². The molecule has 0 radical (unpaired) electrons. The number of hydrogen-bond donors (Lipinski definition) is 1. The Bertz CT molecular complexity index is 597. The van der Waals surface area contributed by atoms with Gasteiger partial charge in [-0.05, 0) is 17.5 Å². The van der Waals surface area contributed by atoms with Crippen LogP contribution in [0.5, 0.6) is 0 Å². The summed E-state index contributed by atoms with van der Waals surface area (Å²) in [6.45, 7) is 5.80. The van der Waals surface area contributed by atoms with Crippen molar-refractivity contribution in [2.45, 2.75) is 20.8 Å². The van der Waals surface area contributed by atoms with Crippen molar-refractivity contribution in [1.82, 2.24) is 4.98 Å². The van der Waals surface area contributed by atoms with Gasteiger partial charge >= 0.3 is 0 Å². The van der Waals surface area contributed by atoms with Gasteiger partial charge in [0.15, 0.2) is 5.78 Å². The van der Waals surface area contributed by atoms with Crippen molar-refractivity contribution in [1.29, 1.82) is 0 Å². The molecule has 0 amide bonds. The highest BCUT2D eigenvalue weighted by atomic mass is 16.1. The highest BCUT2D eigenvalue weighted by Crippen LogP contribution is 2.24. The fraction of sp³-hybridized carbons (Fsp3) is 0.333. The van der Waals surface area contributed by atoms with Crippen LogP contribution in [0.2, 0.25) is 0 Å². The van der Waals surface area contributed by atoms with Crippen LogP contribution in [0.4, 0.5) is 5.82 Å². The first kappa shape index (κ1) is 12.6. The standard InChI is InChI=1S/C15H18N2O/c1-15(2,3)14(18)11-6-5-10-8-13(16-4)17-9-12(10)7-11/h5-9H,1-4H3,(H,16,17). The van der Waals surface area contributed by atoms with Crippen molar-refractivity contribution in [2.75, 3.05) is 12.4 Å². The van der Waals surface area contributed by atoms with E-state index in [1.165, 1.54) is 0 Å². The number of anilines is 1. The maximum Gasteiger partial charge on any atom is 0.168 e. The van der Waals surface area contributed by atoms with Gasteiger partial charge in [-0.15, -0.1) is 0 Å². The number of rotatable bonds is 2. The number of fused-ring (bicyclic) bond motifs is 1. The molecule has 0 spiro atoms. The Hall–Kier alpha value is -1.90. The fourth-order valence-electron chi connectivity index (χ4n) is 1.85. The zero-order valence-electron chi connectivity index (χ0n) is 11.2. The number of nitrogens with zero attached hydrogens (tertiary/aromatic N) is 1. The van der Waals surface area contributed by atoms with Crippen LogP contribution in [-0.4, -0.2) is 17.8 Å². The van der Waals surface area contributed by atoms with Gasteiger partial charge in [0.1, 0.15) is 5.82 Å². The van der Waals surface area contributed by atoms with Gasteiger partial charge in [0, 0.05) is 29.6 Å². The molecule has 0 aliphatic heterocycles. The van der Waals surface area contributed by atoms with Crippen molar-refractivity contribution < 1.29 is 4.79 Å². The number of carbonyl (C=O) groups is 1. The minimum Gasteiger partial charge on any atom is -0.373 e. The monoisotopic (exact) mass is 242 g/mol. The van der Waals surface area contributed by atoms with Gasteiger partial charge in [-0.1, -0.05) is 32.9 Å². The molecular weight excluding hydrogens is 224 g/mol. The summed E-state index contributed by atoms with van der Waals surface area (Å²) in [5.41, 5.74) is 0.389. The van der Waals surface area contributed by atoms with Gasteiger partial charge in [0.05, 0.1) is 0 Å². The van der Waals surface area contributed by atoms with Crippen LogP contribution in [0, 0.1) is 5.41 Å². The van der Waals surface area contributed by atoms with Crippen LogP contribution >= 0.6 is 0 Å². The molecule has 0 unspecified atom stereocenters. The normalized spacial score (nSPS) is 11.6. The van der Waals surface area contributed by atoms with Gasteiger partial charge in [-0.25, -0.2) is 4.98 Å². The van der Waals surface area contributed by atoms with E-state index >= 15 is 0 Å². The molecule has 1 aromatic heterocycles. The van der Waals surface area contributed by atoms with Gasteiger partial charge < -0.3 is 5.32 Å². The summed E-state index contributed by atoms with van der Waals surface area (Å²) in [6, 6.07) is 7.74. The minimum atomic E-state index is -0.355. The van der Waals surface area contributed by atoms with E-state index in [1.807, 2.05) is 52.1 Å². The van der Waals surface area contributed by atoms with Gasteiger partial charge in [-0.3, -0.25) is 4.79 Å². The van der Waals surface area contributed by atoms with Crippen molar-refractivity contribution in [3.63, 3.8) is 0 Å². The average molecular weight is 242 g/mol. The van der Waals surface area contributed by atoms with Crippen LogP contribution in [0.25, 0.3) is 10.8 Å². The summed E-state index contributed by atoms with van der Waals surface area (Å²) >= 11 is 0. The highest BCUT2D eigenvalue weighted by molar-refractivity contribution is 6.02. The SMILES string of the molecule is CNc1cc2ccc(C(=O)C(C)(C)C)cc2cn1. The summed E-state index contributed by atoms with van der Waals surface area (Å²) in [5, 5.41) is 5.08. The van der Waals surface area contributed by atoms with E-state index in [0.717, 1.165) is 22.2 Å². The molecule has 1 N–H and O–H groups in total. The summed E-state index contributed by atoms with van der Waals surface area (Å²) in [4.78, 5) is 16.5. The highest BCUT2D eigenvalue weighted by Gasteiger charge is 2.22. The first-order chi connectivity index (χ1) is 8.41. The Morgan fingerprint density at radius 3 is 2.50 bits per heavy atom. The van der Waals surface area contributed by atoms with Crippen molar-refractivity contribution in [3.8, 4) is 0 Å². The maximum atomic E-state index is 12.2. The van der Waals surface area contributed by atoms with Gasteiger partial charge in [-0.2, -0.15) is 0 Å². The molecule has 0 fully saturated rings. The predicted molar refractivity (Wildman–Crippen MR) is 75.1 cm³/mol. The maximum absolute atomic E-state index is 12.2. The Morgan fingerprint density at radius 1 is 1.17 bits per heavy atom. The second kappa shape index (κ2) is 4.41. The number of hydrogen-bond acceptors (Lipinski definition) is 3. The lowest BCUT2D eigenvalue weighted by atomic mass is 9.86. The molecule has 0 bridgehead atoms. The van der Waals surface area contributed by atoms with E-state index in [9.17, 15) is 4.79 Å². The number of ketones is 1. The molecule has 0 atom stereocenters. The molecule has 2 aromatic rings. The van der Waals surface area contributed by atoms with Crippen LogP contribution in [0.1, 0.15) is 31.1 Å². The van der Waals surface area contributed by atoms with Crippen LogP contribution < -0.4 is 5.32 Å². The van der Waals surface area contributed by atoms with Crippen molar-refractivity contribution in [3.05, 3.63) is 36.0 Å². The topological polar surface area (TPSA) is 42.0 Å². The molecular formula is C15H18N2O. The van der Waals surface area contributed by atoms with Crippen molar-refractivity contribution >= 4 is 22.4 Å². The summed E-state index contributed by atoms with van der Waals surface area (Å²) < 4.78 is 0. The van der Waals surface area contributed by atoms with Crippen LogP contribution in [0.3, 0.4) is 0 Å². The zero-order chi connectivity index (χ0) is 13.3. The number of nitrogens with one attached hydrogen (secondary N) is 1. The summed E-state index contributed by atoms with van der Waals surface area (Å²) in [7, 11) is 1.84.